The Kier molecular flexibility index (Phi) is 5.83. The van der Waals surface area contributed by atoms with Crippen LogP contribution in [-0.4, -0.2) is 30.6 Å². The smallest absolute Gasteiger partial charge is 0.0236 e. The Morgan fingerprint density at radius 1 is 1.19 bits per heavy atom. The van der Waals surface area contributed by atoms with E-state index in [1.54, 1.807) is 5.56 Å². The van der Waals surface area contributed by atoms with Crippen molar-refractivity contribution in [1.29, 1.82) is 0 Å². The van der Waals surface area contributed by atoms with Gasteiger partial charge in [0.1, 0.15) is 0 Å². The topological polar surface area (TPSA) is 15.3 Å². The fourth-order valence-electron chi connectivity index (χ4n) is 3.22. The Labute approximate surface area is 130 Å². The van der Waals surface area contributed by atoms with Gasteiger partial charge in [0, 0.05) is 19.1 Å². The third-order valence-electron chi connectivity index (χ3n) is 4.63. The van der Waals surface area contributed by atoms with Crippen molar-refractivity contribution in [3.8, 4) is 0 Å². The lowest BCUT2D eigenvalue weighted by Crippen LogP contribution is -2.43. The molecule has 1 aliphatic heterocycles. The molecule has 0 radical (unpaired) electrons. The van der Waals surface area contributed by atoms with Crippen molar-refractivity contribution >= 4 is 0 Å². The lowest BCUT2D eigenvalue weighted by Gasteiger charge is -2.35. The molecule has 0 spiro atoms. The summed E-state index contributed by atoms with van der Waals surface area (Å²) in [6.45, 7) is 14.0. The summed E-state index contributed by atoms with van der Waals surface area (Å²) >= 11 is 0. The molecule has 1 N–H and O–H groups in total. The molecule has 0 aromatic heterocycles. The van der Waals surface area contributed by atoms with Gasteiger partial charge in [0.05, 0.1) is 0 Å². The van der Waals surface area contributed by atoms with Gasteiger partial charge in [-0.1, -0.05) is 52.0 Å². The standard InChI is InChI=1S/C19H32N2/c1-5-12-20-18(19(2,3)4)11-14-21-13-10-16-8-6-7-9-17(16)15-21/h6-9,18,20H,5,10-15H2,1-4H3. The second kappa shape index (κ2) is 7.42. The second-order valence-corrected chi connectivity index (χ2v) is 7.46. The zero-order chi connectivity index (χ0) is 15.3. The third kappa shape index (κ3) is 4.82. The minimum atomic E-state index is 0.336. The molecule has 0 bridgehead atoms. The SMILES string of the molecule is CCCNC(CCN1CCc2ccccc2C1)C(C)(C)C. The maximum Gasteiger partial charge on any atom is 0.0236 e. The van der Waals surface area contributed by atoms with Crippen molar-refractivity contribution in [1.82, 2.24) is 10.2 Å². The number of hydrogen-bond donors (Lipinski definition) is 1. The van der Waals surface area contributed by atoms with Crippen LogP contribution in [-0.2, 0) is 13.0 Å². The normalized spacial score (nSPS) is 17.5. The van der Waals surface area contributed by atoms with Gasteiger partial charge >= 0.3 is 0 Å². The van der Waals surface area contributed by atoms with E-state index in [9.17, 15) is 0 Å². The van der Waals surface area contributed by atoms with Crippen molar-refractivity contribution in [2.75, 3.05) is 19.6 Å². The van der Waals surface area contributed by atoms with E-state index < -0.39 is 0 Å². The summed E-state index contributed by atoms with van der Waals surface area (Å²) < 4.78 is 0. The molecule has 2 nitrogen and oxygen atoms in total. The molecule has 1 heterocycles. The van der Waals surface area contributed by atoms with E-state index in [0.717, 1.165) is 13.1 Å². The predicted octanol–water partition coefficient (Wildman–Crippen LogP) is 3.85. The molecule has 118 valence electrons. The first-order chi connectivity index (χ1) is 10.0. The average molecular weight is 288 g/mol. The molecule has 0 aliphatic carbocycles. The highest BCUT2D eigenvalue weighted by molar-refractivity contribution is 5.29. The summed E-state index contributed by atoms with van der Waals surface area (Å²) in [7, 11) is 0. The van der Waals surface area contributed by atoms with E-state index in [4.69, 9.17) is 0 Å². The molecule has 21 heavy (non-hydrogen) atoms. The number of rotatable bonds is 6. The molecule has 0 saturated heterocycles. The van der Waals surface area contributed by atoms with Crippen molar-refractivity contribution in [3.05, 3.63) is 35.4 Å². The summed E-state index contributed by atoms with van der Waals surface area (Å²) in [6, 6.07) is 9.52. The van der Waals surface area contributed by atoms with Gasteiger partial charge in [0.25, 0.3) is 0 Å². The van der Waals surface area contributed by atoms with Crippen LogP contribution in [0.1, 0.15) is 51.7 Å². The Morgan fingerprint density at radius 2 is 1.90 bits per heavy atom. The molecule has 0 amide bonds. The highest BCUT2D eigenvalue weighted by atomic mass is 15.1. The maximum atomic E-state index is 3.74. The highest BCUT2D eigenvalue weighted by Crippen LogP contribution is 2.24. The summed E-state index contributed by atoms with van der Waals surface area (Å²) in [5.41, 5.74) is 3.41. The molecule has 1 aliphatic rings. The molecule has 1 aromatic carbocycles. The molecular formula is C19H32N2. The van der Waals surface area contributed by atoms with E-state index in [0.29, 0.717) is 11.5 Å². The zero-order valence-corrected chi connectivity index (χ0v) is 14.3. The van der Waals surface area contributed by atoms with Gasteiger partial charge in [0.15, 0.2) is 0 Å². The highest BCUT2D eigenvalue weighted by Gasteiger charge is 2.25. The van der Waals surface area contributed by atoms with Gasteiger partial charge in [-0.3, -0.25) is 4.90 Å². The molecule has 1 aromatic rings. The Bertz CT molecular complexity index is 433. The molecular weight excluding hydrogens is 256 g/mol. The van der Waals surface area contributed by atoms with Crippen LogP contribution in [0.15, 0.2) is 24.3 Å². The van der Waals surface area contributed by atoms with E-state index >= 15 is 0 Å². The summed E-state index contributed by atoms with van der Waals surface area (Å²) in [6.07, 6.45) is 3.66. The monoisotopic (exact) mass is 288 g/mol. The van der Waals surface area contributed by atoms with Crippen LogP contribution in [0, 0.1) is 5.41 Å². The summed E-state index contributed by atoms with van der Waals surface area (Å²) in [5.74, 6) is 0. The average Bonchev–Trinajstić information content (AvgIpc) is 2.45. The Balaban J connectivity index is 1.87. The second-order valence-electron chi connectivity index (χ2n) is 7.46. The van der Waals surface area contributed by atoms with E-state index in [2.05, 4.69) is 62.2 Å². The first kappa shape index (κ1) is 16.5. The van der Waals surface area contributed by atoms with Crippen LogP contribution in [0.4, 0.5) is 0 Å². The zero-order valence-electron chi connectivity index (χ0n) is 14.3. The van der Waals surface area contributed by atoms with Gasteiger partial charge < -0.3 is 5.32 Å². The van der Waals surface area contributed by atoms with Gasteiger partial charge in [-0.25, -0.2) is 0 Å². The van der Waals surface area contributed by atoms with E-state index in [1.165, 1.54) is 37.9 Å². The van der Waals surface area contributed by atoms with Crippen LogP contribution in [0.3, 0.4) is 0 Å². The fraction of sp³-hybridized carbons (Fsp3) is 0.684. The quantitative estimate of drug-likeness (QED) is 0.855. The van der Waals surface area contributed by atoms with Gasteiger partial charge in [-0.15, -0.1) is 0 Å². The molecule has 2 rings (SSSR count). The molecule has 1 atom stereocenters. The van der Waals surface area contributed by atoms with Crippen LogP contribution in [0.5, 0.6) is 0 Å². The largest absolute Gasteiger partial charge is 0.313 e. The molecule has 0 saturated carbocycles. The van der Waals surface area contributed by atoms with E-state index in [1.807, 2.05) is 0 Å². The predicted molar refractivity (Wildman–Crippen MR) is 91.6 cm³/mol. The number of benzene rings is 1. The lowest BCUT2D eigenvalue weighted by molar-refractivity contribution is 0.194. The summed E-state index contributed by atoms with van der Waals surface area (Å²) in [5, 5.41) is 3.74. The van der Waals surface area contributed by atoms with Crippen LogP contribution in [0.25, 0.3) is 0 Å². The van der Waals surface area contributed by atoms with E-state index in [-0.39, 0.29) is 0 Å². The third-order valence-corrected chi connectivity index (χ3v) is 4.63. The number of fused-ring (bicyclic) bond motifs is 1. The fourth-order valence-corrected chi connectivity index (χ4v) is 3.22. The van der Waals surface area contributed by atoms with Crippen molar-refractivity contribution in [3.63, 3.8) is 0 Å². The number of nitrogens with one attached hydrogen (secondary N) is 1. The molecule has 1 unspecified atom stereocenters. The van der Waals surface area contributed by atoms with Crippen LogP contribution < -0.4 is 5.32 Å². The Morgan fingerprint density at radius 3 is 2.57 bits per heavy atom. The van der Waals surface area contributed by atoms with Crippen LogP contribution in [0.2, 0.25) is 0 Å². The minimum absolute atomic E-state index is 0.336. The minimum Gasteiger partial charge on any atom is -0.313 e. The van der Waals surface area contributed by atoms with Crippen LogP contribution >= 0.6 is 0 Å². The first-order valence-corrected chi connectivity index (χ1v) is 8.53. The van der Waals surface area contributed by atoms with Crippen molar-refractivity contribution in [2.45, 2.75) is 59.5 Å². The number of nitrogens with zero attached hydrogens (tertiary/aromatic N) is 1. The van der Waals surface area contributed by atoms with Crippen molar-refractivity contribution < 1.29 is 0 Å². The Hall–Kier alpha value is -0.860. The van der Waals surface area contributed by atoms with Gasteiger partial charge in [0.2, 0.25) is 0 Å². The first-order valence-electron chi connectivity index (χ1n) is 8.53. The lowest BCUT2D eigenvalue weighted by atomic mass is 9.84. The number of hydrogen-bond acceptors (Lipinski definition) is 2. The van der Waals surface area contributed by atoms with Gasteiger partial charge in [-0.05, 0) is 48.9 Å². The van der Waals surface area contributed by atoms with Crippen molar-refractivity contribution in [2.24, 2.45) is 5.41 Å². The van der Waals surface area contributed by atoms with Gasteiger partial charge in [-0.2, -0.15) is 0 Å². The molecule has 0 fully saturated rings. The maximum absolute atomic E-state index is 3.74. The summed E-state index contributed by atoms with van der Waals surface area (Å²) in [4.78, 5) is 2.62. The molecule has 2 heteroatoms.